The summed E-state index contributed by atoms with van der Waals surface area (Å²) in [5.74, 6) is 3.17. The van der Waals surface area contributed by atoms with E-state index in [0.717, 1.165) is 85.6 Å². The minimum Gasteiger partial charge on any atom is -1.00 e. The number of benzene rings is 2. The van der Waals surface area contributed by atoms with E-state index in [2.05, 4.69) is 39.9 Å². The van der Waals surface area contributed by atoms with Gasteiger partial charge in [0.1, 0.15) is 0 Å². The van der Waals surface area contributed by atoms with Crippen molar-refractivity contribution in [2.75, 3.05) is 46.8 Å². The first-order valence-electron chi connectivity index (χ1n) is 13.6. The van der Waals surface area contributed by atoms with E-state index >= 15 is 0 Å². The fraction of sp³-hybridized carbons (Fsp3) is 0.467. The summed E-state index contributed by atoms with van der Waals surface area (Å²) in [5, 5.41) is 2.16. The van der Waals surface area contributed by atoms with Gasteiger partial charge >= 0.3 is 5.97 Å². The number of rotatable bonds is 8. The highest BCUT2D eigenvalue weighted by Gasteiger charge is 2.29. The topological polar surface area (TPSA) is 70.3 Å². The smallest absolute Gasteiger partial charge is 0.309 e. The predicted octanol–water partition coefficient (Wildman–Crippen LogP) is 1.14. The van der Waals surface area contributed by atoms with Gasteiger partial charge in [-0.1, -0.05) is 0 Å². The van der Waals surface area contributed by atoms with Crippen molar-refractivity contribution in [3.63, 3.8) is 0 Å². The van der Waals surface area contributed by atoms with Crippen LogP contribution in [0.25, 0.3) is 22.0 Å². The number of aromatic nitrogens is 1. The van der Waals surface area contributed by atoms with E-state index in [4.69, 9.17) is 23.7 Å². The van der Waals surface area contributed by atoms with E-state index in [1.54, 1.807) is 7.11 Å². The highest BCUT2D eigenvalue weighted by Crippen LogP contribution is 2.41. The highest BCUT2D eigenvalue weighted by molar-refractivity contribution is 5.91. The SMILES string of the molecule is CCOC(=O)C1CCN(CCCOc2c(OC)ccc3cc4[n+](cc23)CCc2cc3c(cc2-4)OCO3)CC1.[Br-]. The molecule has 0 saturated carbocycles. The van der Waals surface area contributed by atoms with E-state index in [-0.39, 0.29) is 35.7 Å². The molecule has 9 heteroatoms. The molecule has 0 unspecified atom stereocenters. The molecule has 1 fully saturated rings. The number of esters is 1. The van der Waals surface area contributed by atoms with Crippen molar-refractivity contribution in [3.05, 3.63) is 42.1 Å². The van der Waals surface area contributed by atoms with Crippen LogP contribution in [0.15, 0.2) is 36.5 Å². The van der Waals surface area contributed by atoms with Crippen molar-refractivity contribution in [1.29, 1.82) is 0 Å². The Labute approximate surface area is 239 Å². The Balaban J connectivity index is 0.00000308. The molecule has 1 saturated heterocycles. The third-order valence-corrected chi connectivity index (χ3v) is 7.87. The summed E-state index contributed by atoms with van der Waals surface area (Å²) >= 11 is 0. The van der Waals surface area contributed by atoms with Crippen LogP contribution < -0.4 is 40.5 Å². The molecular weight excluding hydrogens is 564 g/mol. The summed E-state index contributed by atoms with van der Waals surface area (Å²) < 4.78 is 30.8. The van der Waals surface area contributed by atoms with Gasteiger partial charge in [-0.2, -0.15) is 4.57 Å². The first kappa shape index (κ1) is 27.5. The van der Waals surface area contributed by atoms with Gasteiger partial charge in [0.05, 0.1) is 37.2 Å². The number of hydrogen-bond donors (Lipinski definition) is 0. The zero-order valence-corrected chi connectivity index (χ0v) is 24.1. The molecule has 8 nitrogen and oxygen atoms in total. The van der Waals surface area contributed by atoms with Gasteiger partial charge in [0.2, 0.25) is 12.5 Å². The van der Waals surface area contributed by atoms with E-state index < -0.39 is 0 Å². The molecule has 0 bridgehead atoms. The van der Waals surface area contributed by atoms with Crippen LogP contribution in [0.3, 0.4) is 0 Å². The van der Waals surface area contributed by atoms with E-state index in [1.807, 2.05) is 13.0 Å². The minimum atomic E-state index is -0.0478. The Morgan fingerprint density at radius 3 is 2.69 bits per heavy atom. The van der Waals surface area contributed by atoms with Gasteiger partial charge in [-0.05, 0) is 74.5 Å². The first-order chi connectivity index (χ1) is 18.6. The highest BCUT2D eigenvalue weighted by atomic mass is 79.9. The van der Waals surface area contributed by atoms with Gasteiger partial charge in [0.15, 0.2) is 35.7 Å². The Hall–Kier alpha value is -3.04. The number of carbonyl (C=O) groups excluding carboxylic acids is 1. The number of ether oxygens (including phenoxy) is 5. The molecule has 0 N–H and O–H groups in total. The molecule has 0 spiro atoms. The molecule has 0 radical (unpaired) electrons. The Morgan fingerprint density at radius 2 is 1.92 bits per heavy atom. The van der Waals surface area contributed by atoms with Crippen molar-refractivity contribution >= 4 is 16.7 Å². The molecule has 1 aromatic heterocycles. The van der Waals surface area contributed by atoms with Crippen molar-refractivity contribution in [3.8, 4) is 34.3 Å². The number of pyridine rings is 1. The van der Waals surface area contributed by atoms with Gasteiger partial charge in [0.25, 0.3) is 0 Å². The molecule has 39 heavy (non-hydrogen) atoms. The standard InChI is InChI=1S/C30H35N2O6.BrH/c1-3-35-30(33)20-7-11-31(12-8-20)10-4-14-36-29-24-18-32-13-9-22-16-27-28(38-19-37-27)17-23(22)25(32)15-21(24)5-6-26(29)34-2;/h5-6,15-18,20H,3-4,7-14,19H2,1-2H3;1H/q+1;/p-1. The van der Waals surface area contributed by atoms with Crippen LogP contribution in [-0.2, 0) is 22.5 Å². The number of aryl methyl sites for hydroxylation is 2. The number of carbonyl (C=O) groups is 1. The number of piperidine rings is 1. The number of fused-ring (bicyclic) bond motifs is 5. The van der Waals surface area contributed by atoms with E-state index in [1.165, 1.54) is 16.8 Å². The van der Waals surface area contributed by atoms with Crippen molar-refractivity contribution in [1.82, 2.24) is 4.90 Å². The number of halogens is 1. The maximum atomic E-state index is 12.0. The summed E-state index contributed by atoms with van der Waals surface area (Å²) in [7, 11) is 1.69. The quantitative estimate of drug-likeness (QED) is 0.219. The summed E-state index contributed by atoms with van der Waals surface area (Å²) in [5.41, 5.74) is 3.64. The maximum absolute atomic E-state index is 12.0. The summed E-state index contributed by atoms with van der Waals surface area (Å²) in [6.45, 7) is 6.87. The summed E-state index contributed by atoms with van der Waals surface area (Å²) in [4.78, 5) is 14.4. The second kappa shape index (κ2) is 12.0. The molecule has 208 valence electrons. The summed E-state index contributed by atoms with van der Waals surface area (Å²) in [6.07, 6.45) is 5.76. The van der Waals surface area contributed by atoms with Crippen molar-refractivity contribution in [2.24, 2.45) is 5.92 Å². The monoisotopic (exact) mass is 598 g/mol. The van der Waals surface area contributed by atoms with Crippen LogP contribution in [0.1, 0.15) is 31.7 Å². The number of methoxy groups -OCH3 is 1. The number of likely N-dealkylation sites (tertiary alicyclic amines) is 1. The lowest BCUT2D eigenvalue weighted by Crippen LogP contribution is -3.00. The van der Waals surface area contributed by atoms with Gasteiger partial charge in [-0.25, -0.2) is 0 Å². The van der Waals surface area contributed by atoms with Crippen LogP contribution >= 0.6 is 0 Å². The third kappa shape index (κ3) is 5.52. The molecule has 3 aliphatic heterocycles. The van der Waals surface area contributed by atoms with Crippen LogP contribution in [0.2, 0.25) is 0 Å². The lowest BCUT2D eigenvalue weighted by molar-refractivity contribution is -0.686. The minimum absolute atomic E-state index is 0. The average Bonchev–Trinajstić information content (AvgIpc) is 3.41. The molecule has 2 aromatic carbocycles. The van der Waals surface area contributed by atoms with Crippen molar-refractivity contribution in [2.45, 2.75) is 39.2 Å². The molecular formula is C30H35BrN2O6. The Kier molecular flexibility index (Phi) is 8.47. The first-order valence-corrected chi connectivity index (χ1v) is 13.6. The normalized spacial score (nSPS) is 16.3. The molecule has 3 aromatic rings. The third-order valence-electron chi connectivity index (χ3n) is 7.87. The Morgan fingerprint density at radius 1 is 1.13 bits per heavy atom. The van der Waals surface area contributed by atoms with Gasteiger partial charge in [-0.15, -0.1) is 0 Å². The fourth-order valence-corrected chi connectivity index (χ4v) is 5.82. The molecule has 6 rings (SSSR count). The van der Waals surface area contributed by atoms with Crippen LogP contribution in [0.5, 0.6) is 23.0 Å². The van der Waals surface area contributed by atoms with Crippen LogP contribution in [-0.4, -0.2) is 57.6 Å². The van der Waals surface area contributed by atoms with Crippen molar-refractivity contribution < 1.29 is 50.0 Å². The van der Waals surface area contributed by atoms with Gasteiger partial charge in [0, 0.05) is 19.0 Å². The van der Waals surface area contributed by atoms with Crippen LogP contribution in [0, 0.1) is 5.92 Å². The summed E-state index contributed by atoms with van der Waals surface area (Å²) in [6, 6.07) is 10.5. The molecule has 4 heterocycles. The van der Waals surface area contributed by atoms with E-state index in [9.17, 15) is 4.79 Å². The zero-order valence-electron chi connectivity index (χ0n) is 22.5. The van der Waals surface area contributed by atoms with Gasteiger partial charge < -0.3 is 45.6 Å². The fourth-order valence-electron chi connectivity index (χ4n) is 5.82. The molecule has 3 aliphatic rings. The average molecular weight is 600 g/mol. The lowest BCUT2D eigenvalue weighted by Gasteiger charge is -2.30. The zero-order chi connectivity index (χ0) is 26.1. The van der Waals surface area contributed by atoms with Crippen LogP contribution in [0.4, 0.5) is 0 Å². The Bertz CT molecular complexity index is 1360. The van der Waals surface area contributed by atoms with E-state index in [0.29, 0.717) is 13.2 Å². The van der Waals surface area contributed by atoms with Gasteiger partial charge in [-0.3, -0.25) is 4.79 Å². The molecule has 0 amide bonds. The number of hydrogen-bond acceptors (Lipinski definition) is 7. The maximum Gasteiger partial charge on any atom is 0.309 e. The second-order valence-electron chi connectivity index (χ2n) is 10.1. The largest absolute Gasteiger partial charge is 1.00 e. The lowest BCUT2D eigenvalue weighted by atomic mass is 9.95. The molecule has 0 aliphatic carbocycles. The predicted molar refractivity (Wildman–Crippen MR) is 142 cm³/mol. The number of nitrogens with zero attached hydrogens (tertiary/aromatic N) is 2. The molecule has 0 atom stereocenters. The second-order valence-corrected chi connectivity index (χ2v) is 10.1.